The van der Waals surface area contributed by atoms with Gasteiger partial charge in [-0.2, -0.15) is 8.78 Å². The number of alkyl halides is 2. The van der Waals surface area contributed by atoms with E-state index in [1.165, 1.54) is 30.3 Å². The van der Waals surface area contributed by atoms with Gasteiger partial charge in [-0.15, -0.1) is 0 Å². The smallest absolute Gasteiger partial charge is 0.387 e. The van der Waals surface area contributed by atoms with Crippen molar-refractivity contribution in [2.75, 3.05) is 13.6 Å². The highest BCUT2D eigenvalue weighted by Crippen LogP contribution is 2.24. The molecule has 2 aromatic rings. The lowest BCUT2D eigenvalue weighted by Gasteiger charge is -2.19. The zero-order valence-corrected chi connectivity index (χ0v) is 16.1. The first kappa shape index (κ1) is 21.1. The van der Waals surface area contributed by atoms with E-state index in [-0.39, 0.29) is 29.6 Å². The minimum atomic E-state index is -2.93. The summed E-state index contributed by atoms with van der Waals surface area (Å²) in [6.45, 7) is -2.39. The van der Waals surface area contributed by atoms with E-state index in [9.17, 15) is 18.0 Å². The molecule has 156 valence electrons. The van der Waals surface area contributed by atoms with Gasteiger partial charge in [-0.05, 0) is 55.2 Å². The van der Waals surface area contributed by atoms with E-state index in [1.54, 1.807) is 30.1 Å². The number of amides is 1. The Morgan fingerprint density at radius 3 is 2.69 bits per heavy atom. The molecule has 2 atom stereocenters. The molecule has 0 aliphatic carbocycles. The summed E-state index contributed by atoms with van der Waals surface area (Å²) in [4.78, 5) is 14.1. The summed E-state index contributed by atoms with van der Waals surface area (Å²) in [6.07, 6.45) is 2.51. The molecule has 2 unspecified atom stereocenters. The Morgan fingerprint density at radius 1 is 1.21 bits per heavy atom. The molecule has 1 aliphatic rings. The van der Waals surface area contributed by atoms with Gasteiger partial charge in [-0.3, -0.25) is 15.6 Å². The molecule has 0 aromatic heterocycles. The van der Waals surface area contributed by atoms with E-state index >= 15 is 0 Å². The monoisotopic (exact) mass is 407 g/mol. The number of ether oxygens (including phenoxy) is 1. The number of benzene rings is 2. The Balaban J connectivity index is 1.44. The first-order valence-electron chi connectivity index (χ1n) is 9.49. The Hall–Kier alpha value is -2.58. The van der Waals surface area contributed by atoms with Crippen LogP contribution in [0.5, 0.6) is 5.75 Å². The third-order valence-electron chi connectivity index (χ3n) is 4.95. The van der Waals surface area contributed by atoms with Gasteiger partial charge in [0.15, 0.2) is 0 Å². The molecule has 8 heteroatoms. The SMILES string of the molecule is CN(CCCC1CC(c2ccc(F)cc2)NN1)C(=O)c1cccc(OC(F)F)c1. The Labute approximate surface area is 167 Å². The van der Waals surface area contributed by atoms with Crippen molar-refractivity contribution in [1.82, 2.24) is 15.8 Å². The lowest BCUT2D eigenvalue weighted by molar-refractivity contribution is -0.0499. The van der Waals surface area contributed by atoms with Crippen LogP contribution in [0.2, 0.25) is 0 Å². The lowest BCUT2D eigenvalue weighted by atomic mass is 9.99. The van der Waals surface area contributed by atoms with Crippen LogP contribution in [-0.4, -0.2) is 37.1 Å². The van der Waals surface area contributed by atoms with E-state index < -0.39 is 6.61 Å². The standard InChI is InChI=1S/C21H24F3N3O2/c1-27(20(28)15-4-2-6-18(12-15)29-21(23)24)11-3-5-17-13-19(26-25-17)14-7-9-16(22)10-8-14/h2,4,6-10,12,17,19,21,25-26H,3,5,11,13H2,1H3. The molecule has 0 saturated carbocycles. The van der Waals surface area contributed by atoms with Gasteiger partial charge < -0.3 is 9.64 Å². The summed E-state index contributed by atoms with van der Waals surface area (Å²) in [7, 11) is 1.69. The fourth-order valence-electron chi connectivity index (χ4n) is 3.43. The van der Waals surface area contributed by atoms with E-state index in [1.807, 2.05) is 0 Å². The zero-order valence-electron chi connectivity index (χ0n) is 16.1. The van der Waals surface area contributed by atoms with Gasteiger partial charge in [-0.1, -0.05) is 18.2 Å². The highest BCUT2D eigenvalue weighted by atomic mass is 19.3. The Bertz CT molecular complexity index is 817. The molecular formula is C21H24F3N3O2. The van der Waals surface area contributed by atoms with Crippen LogP contribution in [0.25, 0.3) is 0 Å². The quantitative estimate of drug-likeness (QED) is 0.697. The van der Waals surface area contributed by atoms with Crippen LogP contribution in [0.3, 0.4) is 0 Å². The number of halogens is 3. The fourth-order valence-corrected chi connectivity index (χ4v) is 3.43. The Morgan fingerprint density at radius 2 is 1.97 bits per heavy atom. The molecule has 1 aliphatic heterocycles. The summed E-state index contributed by atoms with van der Waals surface area (Å²) >= 11 is 0. The molecule has 1 fully saturated rings. The van der Waals surface area contributed by atoms with Crippen LogP contribution in [0, 0.1) is 5.82 Å². The molecule has 1 saturated heterocycles. The average Bonchev–Trinajstić information content (AvgIpc) is 3.16. The second kappa shape index (κ2) is 9.76. The molecule has 1 amide bonds. The zero-order chi connectivity index (χ0) is 20.8. The number of nitrogens with zero attached hydrogens (tertiary/aromatic N) is 1. The maximum Gasteiger partial charge on any atom is 0.387 e. The molecular weight excluding hydrogens is 383 g/mol. The number of nitrogens with one attached hydrogen (secondary N) is 2. The molecule has 2 aromatic carbocycles. The topological polar surface area (TPSA) is 53.6 Å². The third kappa shape index (κ3) is 5.95. The summed E-state index contributed by atoms with van der Waals surface area (Å²) in [6, 6.07) is 12.6. The van der Waals surface area contributed by atoms with Gasteiger partial charge >= 0.3 is 6.61 Å². The number of hydrogen-bond acceptors (Lipinski definition) is 4. The van der Waals surface area contributed by atoms with Crippen molar-refractivity contribution in [3.63, 3.8) is 0 Å². The molecule has 2 N–H and O–H groups in total. The summed E-state index contributed by atoms with van der Waals surface area (Å²) in [5.74, 6) is -0.533. The maximum absolute atomic E-state index is 13.0. The van der Waals surface area contributed by atoms with Gasteiger partial charge in [-0.25, -0.2) is 4.39 Å². The van der Waals surface area contributed by atoms with Crippen LogP contribution in [0.1, 0.15) is 41.2 Å². The van der Waals surface area contributed by atoms with E-state index in [2.05, 4.69) is 15.6 Å². The van der Waals surface area contributed by atoms with E-state index in [0.29, 0.717) is 12.1 Å². The second-order valence-corrected chi connectivity index (χ2v) is 7.10. The molecule has 0 radical (unpaired) electrons. The summed E-state index contributed by atoms with van der Waals surface area (Å²) < 4.78 is 42.1. The molecule has 3 rings (SSSR count). The molecule has 0 spiro atoms. The van der Waals surface area contributed by atoms with Crippen molar-refractivity contribution >= 4 is 5.91 Å². The fraction of sp³-hybridized carbons (Fsp3) is 0.381. The molecule has 29 heavy (non-hydrogen) atoms. The summed E-state index contributed by atoms with van der Waals surface area (Å²) in [5.41, 5.74) is 7.80. The van der Waals surface area contributed by atoms with Crippen LogP contribution in [-0.2, 0) is 0 Å². The predicted octanol–water partition coefficient (Wildman–Crippen LogP) is 3.89. The Kier molecular flexibility index (Phi) is 7.11. The maximum atomic E-state index is 13.0. The second-order valence-electron chi connectivity index (χ2n) is 7.10. The van der Waals surface area contributed by atoms with Gasteiger partial charge in [0, 0.05) is 31.2 Å². The molecule has 5 nitrogen and oxygen atoms in total. The first-order chi connectivity index (χ1) is 13.9. The van der Waals surface area contributed by atoms with Crippen molar-refractivity contribution in [3.05, 3.63) is 65.5 Å². The van der Waals surface area contributed by atoms with Crippen molar-refractivity contribution in [3.8, 4) is 5.75 Å². The number of hydrogen-bond donors (Lipinski definition) is 2. The third-order valence-corrected chi connectivity index (χ3v) is 4.95. The van der Waals surface area contributed by atoms with Crippen LogP contribution in [0.4, 0.5) is 13.2 Å². The highest BCUT2D eigenvalue weighted by Gasteiger charge is 2.24. The minimum absolute atomic E-state index is 0.0349. The van der Waals surface area contributed by atoms with E-state index in [0.717, 1.165) is 24.8 Å². The van der Waals surface area contributed by atoms with E-state index in [4.69, 9.17) is 0 Å². The van der Waals surface area contributed by atoms with Gasteiger partial charge in [0.25, 0.3) is 5.91 Å². The highest BCUT2D eigenvalue weighted by molar-refractivity contribution is 5.94. The van der Waals surface area contributed by atoms with Crippen molar-refractivity contribution in [1.29, 1.82) is 0 Å². The average molecular weight is 407 g/mol. The van der Waals surface area contributed by atoms with Crippen molar-refractivity contribution in [2.45, 2.75) is 38.0 Å². The number of carbonyl (C=O) groups is 1. The van der Waals surface area contributed by atoms with Crippen LogP contribution in [0.15, 0.2) is 48.5 Å². The van der Waals surface area contributed by atoms with Gasteiger partial charge in [0.05, 0.1) is 0 Å². The van der Waals surface area contributed by atoms with Crippen molar-refractivity contribution in [2.24, 2.45) is 0 Å². The van der Waals surface area contributed by atoms with Gasteiger partial charge in [0.1, 0.15) is 11.6 Å². The normalized spacial score (nSPS) is 18.8. The number of hydrazine groups is 1. The van der Waals surface area contributed by atoms with Gasteiger partial charge in [0.2, 0.25) is 0 Å². The van der Waals surface area contributed by atoms with Crippen LogP contribution >= 0.6 is 0 Å². The number of rotatable bonds is 8. The van der Waals surface area contributed by atoms with Crippen molar-refractivity contribution < 1.29 is 22.7 Å². The largest absolute Gasteiger partial charge is 0.435 e. The predicted molar refractivity (Wildman–Crippen MR) is 103 cm³/mol. The minimum Gasteiger partial charge on any atom is -0.435 e. The summed E-state index contributed by atoms with van der Waals surface area (Å²) in [5, 5.41) is 0. The lowest BCUT2D eigenvalue weighted by Crippen LogP contribution is -2.32. The number of carbonyl (C=O) groups excluding carboxylic acids is 1. The molecule has 1 heterocycles. The molecule has 0 bridgehead atoms. The first-order valence-corrected chi connectivity index (χ1v) is 9.49. The van der Waals surface area contributed by atoms with Crippen LogP contribution < -0.4 is 15.6 Å².